The average Bonchev–Trinajstić information content (AvgIpc) is 3.14. The van der Waals surface area contributed by atoms with Gasteiger partial charge in [-0.2, -0.15) is 4.98 Å². The van der Waals surface area contributed by atoms with Gasteiger partial charge in [-0.15, -0.1) is 11.3 Å². The molecule has 24 heavy (non-hydrogen) atoms. The maximum Gasteiger partial charge on any atom is 0.225 e. The fourth-order valence-corrected chi connectivity index (χ4v) is 2.77. The second-order valence-corrected chi connectivity index (χ2v) is 6.39. The van der Waals surface area contributed by atoms with E-state index in [-0.39, 0.29) is 12.6 Å². The Morgan fingerprint density at radius 2 is 2.04 bits per heavy atom. The average molecular weight is 341 g/mol. The van der Waals surface area contributed by atoms with E-state index in [0.29, 0.717) is 12.5 Å². The first-order valence-electron chi connectivity index (χ1n) is 7.67. The first-order chi connectivity index (χ1) is 11.7. The van der Waals surface area contributed by atoms with E-state index in [0.717, 1.165) is 17.1 Å². The molecule has 3 aromatic rings. The number of nitrogens with one attached hydrogen (secondary N) is 2. The molecule has 1 atom stereocenters. The van der Waals surface area contributed by atoms with Gasteiger partial charge in [-0.25, -0.2) is 4.98 Å². The second kappa shape index (κ2) is 7.85. The first-order valence-corrected chi connectivity index (χ1v) is 8.55. The summed E-state index contributed by atoms with van der Waals surface area (Å²) in [7, 11) is 0. The highest BCUT2D eigenvalue weighted by Crippen LogP contribution is 2.22. The first kappa shape index (κ1) is 16.4. The largest absolute Gasteiger partial charge is 0.394 e. The van der Waals surface area contributed by atoms with Crippen molar-refractivity contribution in [2.24, 2.45) is 0 Å². The Balaban J connectivity index is 1.87. The number of aromatic nitrogens is 3. The Kier molecular flexibility index (Phi) is 5.35. The van der Waals surface area contributed by atoms with Crippen molar-refractivity contribution >= 4 is 23.1 Å². The number of hydrogen-bond acceptors (Lipinski definition) is 7. The van der Waals surface area contributed by atoms with Crippen LogP contribution in [0.2, 0.25) is 0 Å². The van der Waals surface area contributed by atoms with Gasteiger partial charge in [0.1, 0.15) is 5.82 Å². The number of nitrogens with zero attached hydrogens (tertiary/aromatic N) is 3. The molecule has 3 heterocycles. The number of aliphatic hydroxyl groups is 1. The number of aliphatic hydroxyl groups excluding tert-OH is 1. The molecule has 7 heteroatoms. The monoisotopic (exact) mass is 341 g/mol. The van der Waals surface area contributed by atoms with Gasteiger partial charge in [0.2, 0.25) is 5.95 Å². The number of rotatable bonds is 7. The van der Waals surface area contributed by atoms with Crippen LogP contribution in [0.25, 0.3) is 11.3 Å². The zero-order chi connectivity index (χ0) is 16.8. The van der Waals surface area contributed by atoms with Gasteiger partial charge in [0.05, 0.1) is 18.8 Å². The van der Waals surface area contributed by atoms with Crippen LogP contribution in [-0.4, -0.2) is 32.7 Å². The van der Waals surface area contributed by atoms with E-state index in [1.165, 1.54) is 4.88 Å². The maximum absolute atomic E-state index is 9.24. The third kappa shape index (κ3) is 4.27. The molecule has 0 saturated heterocycles. The molecule has 0 unspecified atom stereocenters. The Morgan fingerprint density at radius 1 is 1.21 bits per heavy atom. The van der Waals surface area contributed by atoms with Gasteiger partial charge in [-0.1, -0.05) is 6.07 Å². The molecule has 124 valence electrons. The van der Waals surface area contributed by atoms with E-state index in [4.69, 9.17) is 0 Å². The molecule has 0 saturated carbocycles. The van der Waals surface area contributed by atoms with E-state index in [2.05, 4.69) is 37.0 Å². The van der Waals surface area contributed by atoms with Crippen LogP contribution in [-0.2, 0) is 6.54 Å². The van der Waals surface area contributed by atoms with Crippen LogP contribution in [0.1, 0.15) is 11.8 Å². The lowest BCUT2D eigenvalue weighted by molar-refractivity contribution is 0.281. The minimum absolute atomic E-state index is 0.0147. The summed E-state index contributed by atoms with van der Waals surface area (Å²) in [5, 5.41) is 17.7. The van der Waals surface area contributed by atoms with Crippen LogP contribution in [0.3, 0.4) is 0 Å². The molecule has 0 aromatic carbocycles. The van der Waals surface area contributed by atoms with E-state index >= 15 is 0 Å². The normalized spacial score (nSPS) is 11.9. The molecule has 3 N–H and O–H groups in total. The fraction of sp³-hybridized carbons (Fsp3) is 0.235. The van der Waals surface area contributed by atoms with Crippen LogP contribution in [0.5, 0.6) is 0 Å². The molecule has 0 aliphatic heterocycles. The number of pyridine rings is 1. The third-order valence-electron chi connectivity index (χ3n) is 3.38. The quantitative estimate of drug-likeness (QED) is 0.613. The van der Waals surface area contributed by atoms with Crippen molar-refractivity contribution in [1.29, 1.82) is 0 Å². The highest BCUT2D eigenvalue weighted by molar-refractivity contribution is 7.09. The molecule has 6 nitrogen and oxygen atoms in total. The van der Waals surface area contributed by atoms with Crippen molar-refractivity contribution < 1.29 is 5.11 Å². The molecule has 0 aliphatic carbocycles. The van der Waals surface area contributed by atoms with Crippen molar-refractivity contribution in [2.75, 3.05) is 17.2 Å². The van der Waals surface area contributed by atoms with Crippen LogP contribution in [0.4, 0.5) is 11.8 Å². The van der Waals surface area contributed by atoms with Crippen LogP contribution in [0, 0.1) is 0 Å². The molecular weight excluding hydrogens is 322 g/mol. The zero-order valence-corrected chi connectivity index (χ0v) is 14.1. The molecule has 3 rings (SSSR count). The molecule has 0 bridgehead atoms. The topological polar surface area (TPSA) is 83.0 Å². The van der Waals surface area contributed by atoms with Gasteiger partial charge in [0, 0.05) is 34.9 Å². The van der Waals surface area contributed by atoms with E-state index in [1.54, 1.807) is 23.7 Å². The van der Waals surface area contributed by atoms with E-state index < -0.39 is 0 Å². The summed E-state index contributed by atoms with van der Waals surface area (Å²) in [6, 6.07) is 9.71. The lowest BCUT2D eigenvalue weighted by Crippen LogP contribution is -2.21. The summed E-state index contributed by atoms with van der Waals surface area (Å²) < 4.78 is 0. The standard InChI is InChI=1S/C17H19N5OS/c1-12(11-23)20-17-21-15(13-4-6-18-7-5-13)9-16(22-17)19-10-14-3-2-8-24-14/h2-9,12,23H,10-11H2,1H3,(H2,19,20,21,22)/t12-/m1/s1. The Hall–Kier alpha value is -2.51. The lowest BCUT2D eigenvalue weighted by atomic mass is 10.2. The number of anilines is 2. The SMILES string of the molecule is C[C@H](CO)Nc1nc(NCc2cccs2)cc(-c2ccncc2)n1. The maximum atomic E-state index is 9.24. The highest BCUT2D eigenvalue weighted by Gasteiger charge is 2.09. The van der Waals surface area contributed by atoms with Crippen molar-refractivity contribution in [3.63, 3.8) is 0 Å². The summed E-state index contributed by atoms with van der Waals surface area (Å²) in [5.74, 6) is 1.22. The molecule has 0 radical (unpaired) electrons. The molecule has 0 fully saturated rings. The summed E-state index contributed by atoms with van der Waals surface area (Å²) in [5.41, 5.74) is 1.76. The van der Waals surface area contributed by atoms with Crippen LogP contribution >= 0.6 is 11.3 Å². The summed E-state index contributed by atoms with van der Waals surface area (Å²) >= 11 is 1.70. The van der Waals surface area contributed by atoms with Crippen LogP contribution in [0.15, 0.2) is 48.1 Å². The van der Waals surface area contributed by atoms with Crippen molar-refractivity contribution in [2.45, 2.75) is 19.5 Å². The zero-order valence-electron chi connectivity index (χ0n) is 13.3. The molecule has 0 amide bonds. The van der Waals surface area contributed by atoms with Crippen molar-refractivity contribution in [3.05, 3.63) is 53.0 Å². The summed E-state index contributed by atoms with van der Waals surface area (Å²) in [4.78, 5) is 14.3. The van der Waals surface area contributed by atoms with E-state index in [1.807, 2.05) is 31.2 Å². The summed E-state index contributed by atoms with van der Waals surface area (Å²) in [6.45, 7) is 2.60. The van der Waals surface area contributed by atoms with E-state index in [9.17, 15) is 5.11 Å². The number of hydrogen-bond donors (Lipinski definition) is 3. The van der Waals surface area contributed by atoms with Crippen LogP contribution < -0.4 is 10.6 Å². The summed E-state index contributed by atoms with van der Waals surface area (Å²) in [6.07, 6.45) is 3.47. The third-order valence-corrected chi connectivity index (χ3v) is 4.25. The molecule has 0 spiro atoms. The van der Waals surface area contributed by atoms with Gasteiger partial charge in [-0.3, -0.25) is 4.98 Å². The van der Waals surface area contributed by atoms with Crippen molar-refractivity contribution in [1.82, 2.24) is 15.0 Å². The second-order valence-electron chi connectivity index (χ2n) is 5.36. The van der Waals surface area contributed by atoms with Gasteiger partial charge in [-0.05, 0) is 30.5 Å². The Morgan fingerprint density at radius 3 is 2.75 bits per heavy atom. The predicted octanol–water partition coefficient (Wildman–Crippen LogP) is 3.00. The molecule has 3 aromatic heterocycles. The minimum Gasteiger partial charge on any atom is -0.394 e. The van der Waals surface area contributed by atoms with Gasteiger partial charge < -0.3 is 15.7 Å². The highest BCUT2D eigenvalue weighted by atomic mass is 32.1. The molecular formula is C17H19N5OS. The lowest BCUT2D eigenvalue weighted by Gasteiger charge is -2.14. The Bertz CT molecular complexity index is 764. The smallest absolute Gasteiger partial charge is 0.225 e. The fourth-order valence-electron chi connectivity index (χ4n) is 2.13. The van der Waals surface area contributed by atoms with Gasteiger partial charge in [0.25, 0.3) is 0 Å². The Labute approximate surface area is 144 Å². The van der Waals surface area contributed by atoms with Gasteiger partial charge >= 0.3 is 0 Å². The molecule has 0 aliphatic rings. The number of thiophene rings is 1. The minimum atomic E-state index is -0.122. The van der Waals surface area contributed by atoms with Gasteiger partial charge in [0.15, 0.2) is 0 Å². The van der Waals surface area contributed by atoms with Crippen molar-refractivity contribution in [3.8, 4) is 11.3 Å². The predicted molar refractivity (Wildman–Crippen MR) is 97.1 cm³/mol.